The van der Waals surface area contributed by atoms with Gasteiger partial charge < -0.3 is 4.42 Å². The predicted molar refractivity (Wildman–Crippen MR) is 233 cm³/mol. The summed E-state index contributed by atoms with van der Waals surface area (Å²) >= 11 is 1.86. The zero-order chi connectivity index (χ0) is 35.6. The number of furan rings is 1. The van der Waals surface area contributed by atoms with Gasteiger partial charge in [-0.3, -0.25) is 0 Å². The molecule has 0 radical (unpaired) electrons. The van der Waals surface area contributed by atoms with E-state index in [2.05, 4.69) is 182 Å². The molecular formula is C52H34OS. The number of benzene rings is 7. The van der Waals surface area contributed by atoms with Crippen LogP contribution in [-0.4, -0.2) is 0 Å². The van der Waals surface area contributed by atoms with Crippen LogP contribution in [0.2, 0.25) is 0 Å². The minimum Gasteiger partial charge on any atom is -0.455 e. The molecule has 0 aliphatic heterocycles. The minimum atomic E-state index is 0.916. The Hall–Kier alpha value is -6.48. The number of fused-ring (bicyclic) bond motifs is 11. The molecule has 54 heavy (non-hydrogen) atoms. The molecule has 0 unspecified atom stereocenters. The summed E-state index contributed by atoms with van der Waals surface area (Å²) in [6.07, 6.45) is 6.92. The van der Waals surface area contributed by atoms with Gasteiger partial charge in [0, 0.05) is 36.3 Å². The van der Waals surface area contributed by atoms with E-state index < -0.39 is 0 Å². The van der Waals surface area contributed by atoms with E-state index >= 15 is 0 Å². The van der Waals surface area contributed by atoms with Crippen LogP contribution < -0.4 is 10.4 Å². The number of thiophene rings is 1. The fourth-order valence-electron chi connectivity index (χ4n) is 8.54. The number of hydrogen-bond donors (Lipinski definition) is 0. The van der Waals surface area contributed by atoms with E-state index in [1.54, 1.807) is 0 Å². The van der Waals surface area contributed by atoms with Crippen LogP contribution in [0, 0.1) is 0 Å². The summed E-state index contributed by atoms with van der Waals surface area (Å²) in [4.78, 5) is 0. The Balaban J connectivity index is 1.02. The van der Waals surface area contributed by atoms with E-state index in [0.29, 0.717) is 0 Å². The second-order valence-corrected chi connectivity index (χ2v) is 15.4. The standard InChI is InChI=1S/C52H34OS/c1-2-4-14-40(38-24-21-33-11-5-6-12-36(33)31-38)42-16-8-7-15-41(42)39(13-3-1)35-22-19-34(20-23-35)37-25-29-48-47(32-37)45-27-26-43-44(52(45)53-48)28-30-50-51(43)46-17-9-10-18-49(46)54-50/h1-6,9-32H,7-8H2. The Morgan fingerprint density at radius 2 is 1.02 bits per heavy atom. The molecular weight excluding hydrogens is 673 g/mol. The highest BCUT2D eigenvalue weighted by molar-refractivity contribution is 7.26. The van der Waals surface area contributed by atoms with Gasteiger partial charge in [-0.2, -0.15) is 0 Å². The molecule has 11 rings (SSSR count). The third-order valence-corrected chi connectivity index (χ3v) is 12.3. The molecule has 254 valence electrons. The van der Waals surface area contributed by atoms with Crippen molar-refractivity contribution in [2.45, 2.75) is 12.8 Å². The topological polar surface area (TPSA) is 13.1 Å². The quantitative estimate of drug-likeness (QED) is 0.178. The predicted octanol–water partition coefficient (Wildman–Crippen LogP) is 13.7. The molecule has 0 saturated heterocycles. The van der Waals surface area contributed by atoms with Crippen molar-refractivity contribution in [1.82, 2.24) is 0 Å². The van der Waals surface area contributed by atoms with Crippen LogP contribution >= 0.6 is 11.3 Å². The first-order chi connectivity index (χ1) is 26.8. The van der Waals surface area contributed by atoms with Crippen molar-refractivity contribution in [2.24, 2.45) is 0 Å². The molecule has 1 nitrogen and oxygen atoms in total. The Morgan fingerprint density at radius 3 is 1.85 bits per heavy atom. The van der Waals surface area contributed by atoms with Gasteiger partial charge in [0.25, 0.3) is 0 Å². The molecule has 1 aliphatic carbocycles. The van der Waals surface area contributed by atoms with Gasteiger partial charge in [0.15, 0.2) is 0 Å². The fraction of sp³-hybridized carbons (Fsp3) is 0.0385. The average Bonchev–Trinajstić information content (AvgIpc) is 3.81. The Kier molecular flexibility index (Phi) is 7.24. The summed E-state index contributed by atoms with van der Waals surface area (Å²) in [6.45, 7) is 0. The van der Waals surface area contributed by atoms with Crippen LogP contribution in [0.15, 0.2) is 174 Å². The van der Waals surface area contributed by atoms with Crippen molar-refractivity contribution < 1.29 is 4.42 Å². The van der Waals surface area contributed by atoms with Crippen molar-refractivity contribution in [2.75, 3.05) is 0 Å². The monoisotopic (exact) mass is 706 g/mol. The second-order valence-electron chi connectivity index (χ2n) is 14.3. The average molecular weight is 707 g/mol. The van der Waals surface area contributed by atoms with Crippen LogP contribution in [0.1, 0.15) is 12.8 Å². The summed E-state index contributed by atoms with van der Waals surface area (Å²) in [5, 5.41) is 12.5. The maximum atomic E-state index is 6.61. The molecule has 0 amide bonds. The van der Waals surface area contributed by atoms with Crippen molar-refractivity contribution in [3.8, 4) is 33.4 Å². The van der Waals surface area contributed by atoms with Crippen molar-refractivity contribution in [3.63, 3.8) is 0 Å². The van der Waals surface area contributed by atoms with Crippen molar-refractivity contribution in [1.29, 1.82) is 0 Å². The van der Waals surface area contributed by atoms with Crippen LogP contribution in [0.25, 0.3) is 109 Å². The highest BCUT2D eigenvalue weighted by Gasteiger charge is 2.16. The number of hydrogen-bond acceptors (Lipinski definition) is 2. The van der Waals surface area contributed by atoms with Gasteiger partial charge in [-0.05, 0) is 115 Å². The Labute approximate surface area is 316 Å². The lowest BCUT2D eigenvalue weighted by Gasteiger charge is -2.11. The normalized spacial score (nSPS) is 12.6. The third-order valence-electron chi connectivity index (χ3n) is 11.2. The molecule has 1 aliphatic rings. The zero-order valence-corrected chi connectivity index (χ0v) is 30.4. The van der Waals surface area contributed by atoms with Crippen LogP contribution in [0.5, 0.6) is 0 Å². The molecule has 2 heteroatoms. The van der Waals surface area contributed by atoms with Crippen LogP contribution in [-0.2, 0) is 0 Å². The molecule has 0 fully saturated rings. The first kappa shape index (κ1) is 31.1. The lowest BCUT2D eigenvalue weighted by Crippen LogP contribution is -2.29. The van der Waals surface area contributed by atoms with E-state index in [-0.39, 0.29) is 0 Å². The lowest BCUT2D eigenvalue weighted by molar-refractivity contribution is 0.673. The zero-order valence-electron chi connectivity index (χ0n) is 29.6. The fourth-order valence-corrected chi connectivity index (χ4v) is 9.66. The van der Waals surface area contributed by atoms with Gasteiger partial charge in [0.05, 0.1) is 0 Å². The van der Waals surface area contributed by atoms with Gasteiger partial charge >= 0.3 is 0 Å². The maximum Gasteiger partial charge on any atom is 0.143 e. The Bertz CT molecular complexity index is 3320. The van der Waals surface area contributed by atoms with Crippen LogP contribution in [0.4, 0.5) is 0 Å². The lowest BCUT2D eigenvalue weighted by atomic mass is 9.93. The summed E-state index contributed by atoms with van der Waals surface area (Å²) in [5.74, 6) is 0. The SMILES string of the molecule is C1=c2c(-c3ccc(-c4ccc5oc6c(ccc7c6ccc6sc8ccccc8c67)c5c4)cc3)ccccccc(-c3ccc4ccccc4c3)c2=CCC1. The number of rotatable bonds is 3. The van der Waals surface area contributed by atoms with Gasteiger partial charge in [0.1, 0.15) is 11.2 Å². The van der Waals surface area contributed by atoms with Gasteiger partial charge in [0.2, 0.25) is 0 Å². The van der Waals surface area contributed by atoms with E-state index in [0.717, 1.165) is 34.8 Å². The van der Waals surface area contributed by atoms with E-state index in [1.165, 1.54) is 85.5 Å². The van der Waals surface area contributed by atoms with Crippen LogP contribution in [0.3, 0.4) is 0 Å². The summed E-state index contributed by atoms with van der Waals surface area (Å²) in [7, 11) is 0. The van der Waals surface area contributed by atoms with Crippen molar-refractivity contribution >= 4 is 87.1 Å². The second kappa shape index (κ2) is 12.6. The molecule has 8 aromatic carbocycles. The van der Waals surface area contributed by atoms with E-state index in [4.69, 9.17) is 4.42 Å². The summed E-state index contributed by atoms with van der Waals surface area (Å²) in [5.41, 5.74) is 9.17. The van der Waals surface area contributed by atoms with Gasteiger partial charge in [-0.1, -0.05) is 140 Å². The van der Waals surface area contributed by atoms with Gasteiger partial charge in [-0.15, -0.1) is 11.3 Å². The van der Waals surface area contributed by atoms with Crippen molar-refractivity contribution in [3.05, 3.63) is 180 Å². The molecule has 10 aromatic rings. The molecule has 0 saturated carbocycles. The largest absolute Gasteiger partial charge is 0.455 e. The smallest absolute Gasteiger partial charge is 0.143 e. The highest BCUT2D eigenvalue weighted by Crippen LogP contribution is 2.42. The van der Waals surface area contributed by atoms with Gasteiger partial charge in [-0.25, -0.2) is 0 Å². The molecule has 2 heterocycles. The molecule has 0 bridgehead atoms. The van der Waals surface area contributed by atoms with E-state index in [1.807, 2.05) is 11.3 Å². The summed E-state index contributed by atoms with van der Waals surface area (Å²) in [6, 6.07) is 62.0. The molecule has 0 N–H and O–H groups in total. The summed E-state index contributed by atoms with van der Waals surface area (Å²) < 4.78 is 9.25. The first-order valence-electron chi connectivity index (χ1n) is 18.7. The molecule has 0 atom stereocenters. The third kappa shape index (κ3) is 5.06. The van der Waals surface area contributed by atoms with E-state index in [9.17, 15) is 0 Å². The first-order valence-corrected chi connectivity index (χ1v) is 19.5. The molecule has 2 aromatic heterocycles. The minimum absolute atomic E-state index is 0.916. The highest BCUT2D eigenvalue weighted by atomic mass is 32.1. The maximum absolute atomic E-state index is 6.61. The Morgan fingerprint density at radius 1 is 0.389 bits per heavy atom. The molecule has 0 spiro atoms.